The third-order valence-electron chi connectivity index (χ3n) is 2.65. The van der Waals surface area contributed by atoms with Crippen LogP contribution in [0.2, 0.25) is 0 Å². The van der Waals surface area contributed by atoms with E-state index in [1.807, 2.05) is 0 Å². The molecular formula is C16H23FN2O3. The first-order valence-corrected chi connectivity index (χ1v) is 7.04. The lowest BCUT2D eigenvalue weighted by atomic mass is 10.1. The third-order valence-corrected chi connectivity index (χ3v) is 2.65. The zero-order valence-corrected chi connectivity index (χ0v) is 13.6. The molecule has 0 fully saturated rings. The first-order valence-electron chi connectivity index (χ1n) is 7.04. The molecule has 0 aliphatic carbocycles. The molecule has 0 spiro atoms. The molecule has 1 aromatic rings. The summed E-state index contributed by atoms with van der Waals surface area (Å²) in [5.41, 5.74) is -1.37. The second-order valence-electron chi connectivity index (χ2n) is 6.67. The van der Waals surface area contributed by atoms with Crippen LogP contribution in [0.25, 0.3) is 0 Å². The number of carbonyl (C=O) groups is 2. The van der Waals surface area contributed by atoms with E-state index in [1.165, 1.54) is 18.2 Å². The standard InChI is InChI=1S/C16H23FN2O3/c1-15(2,3)22-14(21)19-16(4,5)10-18-13(20)11-8-6-7-9-12(11)17/h6-9H,10H2,1-5H3,(H,18,20)(H,19,21). The maximum absolute atomic E-state index is 13.5. The fourth-order valence-electron chi connectivity index (χ4n) is 1.67. The zero-order chi connectivity index (χ0) is 17.0. The fourth-order valence-corrected chi connectivity index (χ4v) is 1.67. The van der Waals surface area contributed by atoms with Gasteiger partial charge >= 0.3 is 6.09 Å². The molecule has 0 bridgehead atoms. The first kappa shape index (κ1) is 17.9. The van der Waals surface area contributed by atoms with Gasteiger partial charge in [0.15, 0.2) is 0 Å². The summed E-state index contributed by atoms with van der Waals surface area (Å²) in [6, 6.07) is 5.72. The van der Waals surface area contributed by atoms with Crippen LogP contribution in [0.1, 0.15) is 45.0 Å². The summed E-state index contributed by atoms with van der Waals surface area (Å²) in [7, 11) is 0. The molecule has 0 aliphatic rings. The van der Waals surface area contributed by atoms with Crippen molar-refractivity contribution in [2.75, 3.05) is 6.54 Å². The molecule has 0 saturated heterocycles. The molecule has 2 N–H and O–H groups in total. The van der Waals surface area contributed by atoms with Crippen LogP contribution in [-0.2, 0) is 4.74 Å². The van der Waals surface area contributed by atoms with Crippen molar-refractivity contribution in [2.45, 2.75) is 45.8 Å². The topological polar surface area (TPSA) is 67.4 Å². The lowest BCUT2D eigenvalue weighted by Crippen LogP contribution is -2.52. The summed E-state index contributed by atoms with van der Waals surface area (Å²) in [6.07, 6.45) is -0.572. The van der Waals surface area contributed by atoms with Crippen molar-refractivity contribution in [1.29, 1.82) is 0 Å². The molecule has 6 heteroatoms. The molecule has 5 nitrogen and oxygen atoms in total. The van der Waals surface area contributed by atoms with Crippen molar-refractivity contribution in [1.82, 2.24) is 10.6 Å². The first-order chi connectivity index (χ1) is 10.0. The Bertz CT molecular complexity index is 551. The summed E-state index contributed by atoms with van der Waals surface area (Å²) < 4.78 is 18.7. The lowest BCUT2D eigenvalue weighted by molar-refractivity contribution is 0.0469. The molecule has 0 radical (unpaired) electrons. The van der Waals surface area contributed by atoms with Crippen molar-refractivity contribution < 1.29 is 18.7 Å². The van der Waals surface area contributed by atoms with Gasteiger partial charge in [0.05, 0.1) is 11.1 Å². The monoisotopic (exact) mass is 310 g/mol. The molecule has 2 amide bonds. The van der Waals surface area contributed by atoms with E-state index in [9.17, 15) is 14.0 Å². The van der Waals surface area contributed by atoms with Crippen molar-refractivity contribution in [3.8, 4) is 0 Å². The molecule has 22 heavy (non-hydrogen) atoms. The molecule has 0 aliphatic heterocycles. The van der Waals surface area contributed by atoms with Gasteiger partial charge in [-0.3, -0.25) is 4.79 Å². The maximum atomic E-state index is 13.5. The normalized spacial score (nSPS) is 11.7. The van der Waals surface area contributed by atoms with Gasteiger partial charge in [-0.05, 0) is 46.8 Å². The predicted molar refractivity (Wildman–Crippen MR) is 82.2 cm³/mol. The zero-order valence-electron chi connectivity index (χ0n) is 13.6. The number of hydrogen-bond donors (Lipinski definition) is 2. The Balaban J connectivity index is 2.57. The van der Waals surface area contributed by atoms with Crippen LogP contribution in [0.4, 0.5) is 9.18 Å². The van der Waals surface area contributed by atoms with Crippen LogP contribution in [0.5, 0.6) is 0 Å². The van der Waals surface area contributed by atoms with Gasteiger partial charge in [-0.15, -0.1) is 0 Å². The Morgan fingerprint density at radius 1 is 1.14 bits per heavy atom. The van der Waals surface area contributed by atoms with E-state index in [4.69, 9.17) is 4.74 Å². The molecule has 1 aromatic carbocycles. The average molecular weight is 310 g/mol. The van der Waals surface area contributed by atoms with Crippen LogP contribution in [-0.4, -0.2) is 29.7 Å². The number of ether oxygens (including phenoxy) is 1. The minimum absolute atomic E-state index is 0.0319. The van der Waals surface area contributed by atoms with E-state index >= 15 is 0 Å². The van der Waals surface area contributed by atoms with E-state index in [2.05, 4.69) is 10.6 Å². The van der Waals surface area contributed by atoms with Gasteiger partial charge in [-0.1, -0.05) is 12.1 Å². The highest BCUT2D eigenvalue weighted by atomic mass is 19.1. The molecule has 1 rings (SSSR count). The van der Waals surface area contributed by atoms with E-state index in [0.717, 1.165) is 0 Å². The van der Waals surface area contributed by atoms with Crippen molar-refractivity contribution in [3.05, 3.63) is 35.6 Å². The lowest BCUT2D eigenvalue weighted by Gasteiger charge is -2.28. The highest BCUT2D eigenvalue weighted by Gasteiger charge is 2.25. The van der Waals surface area contributed by atoms with Crippen molar-refractivity contribution >= 4 is 12.0 Å². The summed E-state index contributed by atoms with van der Waals surface area (Å²) >= 11 is 0. The van der Waals surface area contributed by atoms with Gasteiger partial charge in [0.25, 0.3) is 5.91 Å². The number of carbonyl (C=O) groups excluding carboxylic acids is 2. The number of hydrogen-bond acceptors (Lipinski definition) is 3. The van der Waals surface area contributed by atoms with Gasteiger partial charge in [0.2, 0.25) is 0 Å². The Hall–Kier alpha value is -2.11. The maximum Gasteiger partial charge on any atom is 0.408 e. The number of amides is 2. The van der Waals surface area contributed by atoms with Gasteiger partial charge in [0.1, 0.15) is 11.4 Å². The van der Waals surface area contributed by atoms with Crippen LogP contribution in [0.15, 0.2) is 24.3 Å². The molecular weight excluding hydrogens is 287 g/mol. The van der Waals surface area contributed by atoms with E-state index in [0.29, 0.717) is 0 Å². The number of halogens is 1. The fraction of sp³-hybridized carbons (Fsp3) is 0.500. The SMILES string of the molecule is CC(C)(CNC(=O)c1ccccc1F)NC(=O)OC(C)(C)C. The third kappa shape index (κ3) is 6.11. The van der Waals surface area contributed by atoms with Gasteiger partial charge in [-0.2, -0.15) is 0 Å². The van der Waals surface area contributed by atoms with Gasteiger partial charge < -0.3 is 15.4 Å². The molecule has 0 saturated carbocycles. The summed E-state index contributed by atoms with van der Waals surface area (Å²) in [5.74, 6) is -1.12. The van der Waals surface area contributed by atoms with Crippen LogP contribution < -0.4 is 10.6 Å². The number of alkyl carbamates (subject to hydrolysis) is 1. The van der Waals surface area contributed by atoms with Crippen molar-refractivity contribution in [3.63, 3.8) is 0 Å². The Morgan fingerprint density at radius 3 is 2.27 bits per heavy atom. The Morgan fingerprint density at radius 2 is 1.73 bits per heavy atom. The van der Waals surface area contributed by atoms with Crippen LogP contribution in [0.3, 0.4) is 0 Å². The molecule has 0 atom stereocenters. The molecule has 122 valence electrons. The van der Waals surface area contributed by atoms with Crippen LogP contribution in [0, 0.1) is 5.82 Å². The highest BCUT2D eigenvalue weighted by Crippen LogP contribution is 2.10. The minimum atomic E-state index is -0.733. The highest BCUT2D eigenvalue weighted by molar-refractivity contribution is 5.94. The Kier molecular flexibility index (Phi) is 5.52. The number of benzene rings is 1. The van der Waals surface area contributed by atoms with Crippen LogP contribution >= 0.6 is 0 Å². The largest absolute Gasteiger partial charge is 0.444 e. The molecule has 0 unspecified atom stereocenters. The second kappa shape index (κ2) is 6.77. The van der Waals surface area contributed by atoms with E-state index < -0.39 is 29.0 Å². The summed E-state index contributed by atoms with van der Waals surface area (Å²) in [5, 5.41) is 5.26. The summed E-state index contributed by atoms with van der Waals surface area (Å²) in [6.45, 7) is 8.90. The second-order valence-corrected chi connectivity index (χ2v) is 6.67. The van der Waals surface area contributed by atoms with E-state index in [1.54, 1.807) is 40.7 Å². The minimum Gasteiger partial charge on any atom is -0.444 e. The van der Waals surface area contributed by atoms with E-state index in [-0.39, 0.29) is 12.1 Å². The number of rotatable bonds is 4. The smallest absolute Gasteiger partial charge is 0.408 e. The summed E-state index contributed by atoms with van der Waals surface area (Å²) in [4.78, 5) is 23.7. The average Bonchev–Trinajstić information content (AvgIpc) is 2.33. The van der Waals surface area contributed by atoms with Gasteiger partial charge in [0, 0.05) is 6.54 Å². The molecule has 0 heterocycles. The predicted octanol–water partition coefficient (Wildman–Crippen LogP) is 2.86. The molecule has 0 aromatic heterocycles. The Labute approximate surface area is 130 Å². The van der Waals surface area contributed by atoms with Crippen molar-refractivity contribution in [2.24, 2.45) is 0 Å². The quantitative estimate of drug-likeness (QED) is 0.898. The van der Waals surface area contributed by atoms with Gasteiger partial charge in [-0.25, -0.2) is 9.18 Å². The number of nitrogens with one attached hydrogen (secondary N) is 2.